The van der Waals surface area contributed by atoms with Crippen LogP contribution in [0.3, 0.4) is 0 Å². The molecule has 4 nitrogen and oxygen atoms in total. The number of rotatable bonds is 4. The van der Waals surface area contributed by atoms with Gasteiger partial charge in [-0.15, -0.1) is 0 Å². The van der Waals surface area contributed by atoms with Gasteiger partial charge in [0.15, 0.2) is 5.16 Å². The van der Waals surface area contributed by atoms with E-state index in [9.17, 15) is 0 Å². The highest BCUT2D eigenvalue weighted by Crippen LogP contribution is 2.63. The Morgan fingerprint density at radius 3 is 2.11 bits per heavy atom. The molecule has 1 aliphatic rings. The summed E-state index contributed by atoms with van der Waals surface area (Å²) in [6.45, 7) is 9.17. The van der Waals surface area contributed by atoms with Crippen LogP contribution >= 0.6 is 11.8 Å². The fourth-order valence-electron chi connectivity index (χ4n) is 2.42. The molecule has 0 aromatic carbocycles. The van der Waals surface area contributed by atoms with Crippen LogP contribution in [0.2, 0.25) is 0 Å². The van der Waals surface area contributed by atoms with E-state index in [0.717, 1.165) is 16.8 Å². The molecule has 2 rings (SSSR count). The van der Waals surface area contributed by atoms with E-state index < -0.39 is 0 Å². The molecule has 0 radical (unpaired) electrons. The molecular formula is C13H22N4S. The van der Waals surface area contributed by atoms with Crippen molar-refractivity contribution in [1.82, 2.24) is 9.97 Å². The van der Waals surface area contributed by atoms with Gasteiger partial charge >= 0.3 is 0 Å². The van der Waals surface area contributed by atoms with Crippen LogP contribution < -0.4 is 10.6 Å². The molecule has 2 N–H and O–H groups in total. The first kappa shape index (κ1) is 13.5. The third-order valence-corrected chi connectivity index (χ3v) is 5.01. The lowest BCUT2D eigenvalue weighted by Gasteiger charge is -2.10. The predicted octanol–water partition coefficient (Wildman–Crippen LogP) is 3.09. The first-order valence-corrected chi connectivity index (χ1v) is 7.42. The van der Waals surface area contributed by atoms with Gasteiger partial charge in [-0.05, 0) is 17.1 Å². The third kappa shape index (κ3) is 2.05. The molecule has 0 amide bonds. The Kier molecular flexibility index (Phi) is 3.21. The summed E-state index contributed by atoms with van der Waals surface area (Å²) in [6.07, 6.45) is 1.99. The SMILES string of the molecule is CNc1cc(NC2C(C)(C)C2(C)C)nc(SC)n1. The summed E-state index contributed by atoms with van der Waals surface area (Å²) in [5, 5.41) is 7.41. The second kappa shape index (κ2) is 4.30. The molecule has 0 atom stereocenters. The minimum absolute atomic E-state index is 0.303. The van der Waals surface area contributed by atoms with Crippen LogP contribution in [-0.4, -0.2) is 29.3 Å². The second-order valence-corrected chi connectivity index (χ2v) is 6.67. The average Bonchev–Trinajstić information content (AvgIpc) is 2.71. The van der Waals surface area contributed by atoms with Crippen molar-refractivity contribution >= 4 is 23.4 Å². The van der Waals surface area contributed by atoms with Crippen LogP contribution in [0.1, 0.15) is 27.7 Å². The Morgan fingerprint density at radius 2 is 1.67 bits per heavy atom. The maximum absolute atomic E-state index is 4.51. The van der Waals surface area contributed by atoms with Crippen molar-refractivity contribution in [3.8, 4) is 0 Å². The molecule has 5 heteroatoms. The molecule has 1 saturated carbocycles. The van der Waals surface area contributed by atoms with Crippen molar-refractivity contribution in [3.05, 3.63) is 6.07 Å². The highest BCUT2D eigenvalue weighted by atomic mass is 32.2. The standard InChI is InChI=1S/C13H22N4S/c1-12(2)10(13(12,3)4)15-9-7-8(14-5)16-11(17-9)18-6/h7,10H,1-6H3,(H2,14,15,16,17). The highest BCUT2D eigenvalue weighted by molar-refractivity contribution is 7.98. The molecule has 0 saturated heterocycles. The lowest BCUT2D eigenvalue weighted by molar-refractivity contribution is 0.457. The number of nitrogens with zero attached hydrogens (tertiary/aromatic N) is 2. The Hall–Kier alpha value is -0.970. The van der Waals surface area contributed by atoms with Crippen molar-refractivity contribution in [2.75, 3.05) is 23.9 Å². The summed E-state index contributed by atoms with van der Waals surface area (Å²) in [6, 6.07) is 2.42. The van der Waals surface area contributed by atoms with E-state index in [-0.39, 0.29) is 0 Å². The molecule has 0 bridgehead atoms. The van der Waals surface area contributed by atoms with Crippen LogP contribution in [0.15, 0.2) is 11.2 Å². The molecule has 0 unspecified atom stereocenters. The summed E-state index contributed by atoms with van der Waals surface area (Å²) in [7, 11) is 1.88. The minimum atomic E-state index is 0.303. The molecule has 1 aliphatic carbocycles. The van der Waals surface area contributed by atoms with Gasteiger partial charge in [-0.3, -0.25) is 0 Å². The maximum Gasteiger partial charge on any atom is 0.191 e. The number of anilines is 2. The van der Waals surface area contributed by atoms with Crippen molar-refractivity contribution in [3.63, 3.8) is 0 Å². The molecular weight excluding hydrogens is 244 g/mol. The highest BCUT2D eigenvalue weighted by Gasteiger charge is 2.65. The van der Waals surface area contributed by atoms with Gasteiger partial charge in [0.05, 0.1) is 0 Å². The normalized spacial score (nSPS) is 20.6. The molecule has 0 aliphatic heterocycles. The van der Waals surface area contributed by atoms with E-state index in [1.807, 2.05) is 19.4 Å². The molecule has 1 heterocycles. The molecule has 1 aromatic heterocycles. The van der Waals surface area contributed by atoms with Gasteiger partial charge in [0.25, 0.3) is 0 Å². The maximum atomic E-state index is 4.51. The fraction of sp³-hybridized carbons (Fsp3) is 0.692. The molecule has 1 fully saturated rings. The van der Waals surface area contributed by atoms with Crippen LogP contribution in [0, 0.1) is 10.8 Å². The first-order valence-electron chi connectivity index (χ1n) is 6.20. The Labute approximate surface area is 113 Å². The monoisotopic (exact) mass is 266 g/mol. The third-order valence-electron chi connectivity index (χ3n) is 4.46. The van der Waals surface area contributed by atoms with E-state index in [4.69, 9.17) is 0 Å². The zero-order valence-corrected chi connectivity index (χ0v) is 12.8. The van der Waals surface area contributed by atoms with Gasteiger partial charge in [-0.1, -0.05) is 39.5 Å². The van der Waals surface area contributed by atoms with Gasteiger partial charge in [0.1, 0.15) is 11.6 Å². The summed E-state index contributed by atoms with van der Waals surface area (Å²) in [5.74, 6) is 1.76. The Balaban J connectivity index is 2.20. The number of hydrogen-bond donors (Lipinski definition) is 2. The van der Waals surface area contributed by atoms with Crippen LogP contribution in [0.25, 0.3) is 0 Å². The van der Waals surface area contributed by atoms with Gasteiger partial charge in [0, 0.05) is 19.2 Å². The Morgan fingerprint density at radius 1 is 1.11 bits per heavy atom. The van der Waals surface area contributed by atoms with Crippen molar-refractivity contribution in [1.29, 1.82) is 0 Å². The quantitative estimate of drug-likeness (QED) is 0.648. The van der Waals surface area contributed by atoms with E-state index in [1.165, 1.54) is 0 Å². The molecule has 100 valence electrons. The summed E-state index contributed by atoms with van der Waals surface area (Å²) in [4.78, 5) is 8.88. The van der Waals surface area contributed by atoms with Crippen LogP contribution in [0.4, 0.5) is 11.6 Å². The van der Waals surface area contributed by atoms with Gasteiger partial charge < -0.3 is 10.6 Å². The largest absolute Gasteiger partial charge is 0.373 e. The van der Waals surface area contributed by atoms with E-state index in [0.29, 0.717) is 16.9 Å². The first-order chi connectivity index (χ1) is 8.32. The minimum Gasteiger partial charge on any atom is -0.373 e. The number of nitrogens with one attached hydrogen (secondary N) is 2. The smallest absolute Gasteiger partial charge is 0.191 e. The second-order valence-electron chi connectivity index (χ2n) is 5.90. The molecule has 18 heavy (non-hydrogen) atoms. The zero-order valence-electron chi connectivity index (χ0n) is 12.0. The van der Waals surface area contributed by atoms with Gasteiger partial charge in [-0.25, -0.2) is 9.97 Å². The van der Waals surface area contributed by atoms with Crippen LogP contribution in [0.5, 0.6) is 0 Å². The fourth-order valence-corrected chi connectivity index (χ4v) is 2.80. The molecule has 0 spiro atoms. The average molecular weight is 266 g/mol. The van der Waals surface area contributed by atoms with Crippen LogP contribution in [-0.2, 0) is 0 Å². The van der Waals surface area contributed by atoms with Crippen molar-refractivity contribution < 1.29 is 0 Å². The molecule has 1 aromatic rings. The van der Waals surface area contributed by atoms with E-state index in [1.54, 1.807) is 11.8 Å². The van der Waals surface area contributed by atoms with E-state index >= 15 is 0 Å². The summed E-state index contributed by atoms with van der Waals surface area (Å²) in [5.41, 5.74) is 0.606. The van der Waals surface area contributed by atoms with Crippen molar-refractivity contribution in [2.45, 2.75) is 38.9 Å². The van der Waals surface area contributed by atoms with Gasteiger partial charge in [0.2, 0.25) is 0 Å². The Bertz CT molecular complexity index is 420. The number of aromatic nitrogens is 2. The lowest BCUT2D eigenvalue weighted by Crippen LogP contribution is -2.12. The number of hydrogen-bond acceptors (Lipinski definition) is 5. The zero-order chi connectivity index (χ0) is 13.6. The van der Waals surface area contributed by atoms with E-state index in [2.05, 4.69) is 48.3 Å². The van der Waals surface area contributed by atoms with Gasteiger partial charge in [-0.2, -0.15) is 0 Å². The topological polar surface area (TPSA) is 49.8 Å². The number of thioether (sulfide) groups is 1. The summed E-state index contributed by atoms with van der Waals surface area (Å²) >= 11 is 1.56. The van der Waals surface area contributed by atoms with Crippen molar-refractivity contribution in [2.24, 2.45) is 10.8 Å². The lowest BCUT2D eigenvalue weighted by atomic mass is 10.0. The summed E-state index contributed by atoms with van der Waals surface area (Å²) < 4.78 is 0. The predicted molar refractivity (Wildman–Crippen MR) is 78.3 cm³/mol.